The van der Waals surface area contributed by atoms with Crippen molar-refractivity contribution in [2.24, 2.45) is 5.92 Å². The molecule has 1 saturated heterocycles. The van der Waals surface area contributed by atoms with E-state index in [4.69, 9.17) is 0 Å². The smallest absolute Gasteiger partial charge is 0.229 e. The Kier molecular flexibility index (Phi) is 5.31. The molecule has 1 aliphatic heterocycles. The average molecular weight is 356 g/mol. The van der Waals surface area contributed by atoms with E-state index in [1.807, 2.05) is 36.4 Å². The maximum atomic E-state index is 12.9. The second kappa shape index (κ2) is 8.19. The first kappa shape index (κ1) is 17.5. The third-order valence-electron chi connectivity index (χ3n) is 5.22. The lowest BCUT2D eigenvalue weighted by atomic mass is 9.88. The molecule has 2 N–H and O–H groups in total. The van der Waals surface area contributed by atoms with E-state index in [9.17, 15) is 4.79 Å². The Labute approximate surface area is 160 Å². The highest BCUT2D eigenvalue weighted by Gasteiger charge is 2.33. The summed E-state index contributed by atoms with van der Waals surface area (Å²) >= 11 is 0. The molecule has 0 aliphatic carbocycles. The van der Waals surface area contributed by atoms with Gasteiger partial charge in [-0.1, -0.05) is 72.8 Å². The SMILES string of the molecule is O=C(Nc1cccc(Cc2ccccc2)c1)[C@H]1CNC[C@@H]1c1ccccc1. The summed E-state index contributed by atoms with van der Waals surface area (Å²) in [7, 11) is 0. The fraction of sp³-hybridized carbons (Fsp3) is 0.208. The molecule has 0 radical (unpaired) electrons. The molecule has 1 fully saturated rings. The summed E-state index contributed by atoms with van der Waals surface area (Å²) < 4.78 is 0. The number of hydrogen-bond donors (Lipinski definition) is 2. The van der Waals surface area contributed by atoms with Gasteiger partial charge in [-0.3, -0.25) is 4.79 Å². The minimum atomic E-state index is -0.0508. The van der Waals surface area contributed by atoms with Crippen molar-refractivity contribution in [3.05, 3.63) is 102 Å². The van der Waals surface area contributed by atoms with E-state index in [-0.39, 0.29) is 17.7 Å². The standard InChI is InChI=1S/C24H24N2O/c27-24(23-17-25-16-22(23)20-11-5-2-6-12-20)26-21-13-7-10-19(15-21)14-18-8-3-1-4-9-18/h1-13,15,22-23,25H,14,16-17H2,(H,26,27)/t22-,23+/m1/s1. The van der Waals surface area contributed by atoms with E-state index < -0.39 is 0 Å². The third kappa shape index (κ3) is 4.26. The molecule has 136 valence electrons. The van der Waals surface area contributed by atoms with Gasteiger partial charge in [0, 0.05) is 24.7 Å². The van der Waals surface area contributed by atoms with Gasteiger partial charge in [0.25, 0.3) is 0 Å². The molecule has 1 heterocycles. The summed E-state index contributed by atoms with van der Waals surface area (Å²) in [5.41, 5.74) is 4.56. The van der Waals surface area contributed by atoms with E-state index in [0.717, 1.165) is 25.2 Å². The van der Waals surface area contributed by atoms with E-state index in [0.29, 0.717) is 0 Å². The Balaban J connectivity index is 1.45. The van der Waals surface area contributed by atoms with Gasteiger partial charge < -0.3 is 10.6 Å². The zero-order valence-corrected chi connectivity index (χ0v) is 15.3. The van der Waals surface area contributed by atoms with Crippen LogP contribution in [0, 0.1) is 5.92 Å². The van der Waals surface area contributed by atoms with Crippen LogP contribution in [-0.2, 0) is 11.2 Å². The molecule has 0 spiro atoms. The van der Waals surface area contributed by atoms with Crippen molar-refractivity contribution in [2.75, 3.05) is 18.4 Å². The normalized spacial score (nSPS) is 19.0. The molecule has 1 amide bonds. The van der Waals surface area contributed by atoms with Crippen LogP contribution in [0.3, 0.4) is 0 Å². The highest BCUT2D eigenvalue weighted by atomic mass is 16.1. The van der Waals surface area contributed by atoms with Gasteiger partial charge >= 0.3 is 0 Å². The van der Waals surface area contributed by atoms with E-state index >= 15 is 0 Å². The van der Waals surface area contributed by atoms with Crippen molar-refractivity contribution < 1.29 is 4.79 Å². The Morgan fingerprint density at radius 2 is 1.56 bits per heavy atom. The number of hydrogen-bond acceptors (Lipinski definition) is 2. The van der Waals surface area contributed by atoms with Gasteiger partial charge in [-0.15, -0.1) is 0 Å². The molecule has 0 bridgehead atoms. The van der Waals surface area contributed by atoms with Crippen molar-refractivity contribution in [1.29, 1.82) is 0 Å². The van der Waals surface area contributed by atoms with Gasteiger partial charge in [-0.2, -0.15) is 0 Å². The zero-order chi connectivity index (χ0) is 18.5. The fourth-order valence-electron chi connectivity index (χ4n) is 3.83. The van der Waals surface area contributed by atoms with Crippen LogP contribution in [0.4, 0.5) is 5.69 Å². The predicted octanol–water partition coefficient (Wildman–Crippen LogP) is 4.22. The maximum Gasteiger partial charge on any atom is 0.229 e. The number of amides is 1. The summed E-state index contributed by atoms with van der Waals surface area (Å²) in [5.74, 6) is 0.259. The van der Waals surface area contributed by atoms with Crippen molar-refractivity contribution in [1.82, 2.24) is 5.32 Å². The van der Waals surface area contributed by atoms with Crippen molar-refractivity contribution in [3.63, 3.8) is 0 Å². The Hall–Kier alpha value is -2.91. The molecule has 3 nitrogen and oxygen atoms in total. The summed E-state index contributed by atoms with van der Waals surface area (Å²) in [6, 6.07) is 28.8. The first-order chi connectivity index (χ1) is 13.3. The van der Waals surface area contributed by atoms with Crippen molar-refractivity contribution >= 4 is 11.6 Å². The first-order valence-corrected chi connectivity index (χ1v) is 9.49. The molecule has 1 aliphatic rings. The maximum absolute atomic E-state index is 12.9. The molecule has 3 aromatic rings. The van der Waals surface area contributed by atoms with Crippen LogP contribution in [0.25, 0.3) is 0 Å². The van der Waals surface area contributed by atoms with Gasteiger partial charge in [0.2, 0.25) is 5.91 Å². The van der Waals surface area contributed by atoms with Crippen LogP contribution >= 0.6 is 0 Å². The first-order valence-electron chi connectivity index (χ1n) is 9.49. The van der Waals surface area contributed by atoms with Crippen LogP contribution in [0.1, 0.15) is 22.6 Å². The van der Waals surface area contributed by atoms with Crippen LogP contribution in [0.15, 0.2) is 84.9 Å². The number of rotatable bonds is 5. The fourth-order valence-corrected chi connectivity index (χ4v) is 3.83. The Bertz CT molecular complexity index is 893. The molecule has 4 rings (SSSR count). The van der Waals surface area contributed by atoms with Crippen molar-refractivity contribution in [2.45, 2.75) is 12.3 Å². The van der Waals surface area contributed by atoms with E-state index in [1.165, 1.54) is 16.7 Å². The van der Waals surface area contributed by atoms with Gasteiger partial charge in [0.1, 0.15) is 0 Å². The van der Waals surface area contributed by atoms with E-state index in [2.05, 4.69) is 59.2 Å². The zero-order valence-electron chi connectivity index (χ0n) is 15.3. The largest absolute Gasteiger partial charge is 0.326 e. The van der Waals surface area contributed by atoms with Gasteiger partial charge in [0.15, 0.2) is 0 Å². The second-order valence-corrected chi connectivity index (χ2v) is 7.13. The highest BCUT2D eigenvalue weighted by molar-refractivity contribution is 5.93. The van der Waals surface area contributed by atoms with Crippen LogP contribution in [0.5, 0.6) is 0 Å². The summed E-state index contributed by atoms with van der Waals surface area (Å²) in [4.78, 5) is 12.9. The molecular formula is C24H24N2O. The molecule has 0 aromatic heterocycles. The topological polar surface area (TPSA) is 41.1 Å². The van der Waals surface area contributed by atoms with Crippen LogP contribution in [-0.4, -0.2) is 19.0 Å². The lowest BCUT2D eigenvalue weighted by Gasteiger charge is -2.19. The summed E-state index contributed by atoms with van der Waals surface area (Å²) in [6.07, 6.45) is 0.863. The number of carbonyl (C=O) groups excluding carboxylic acids is 1. The number of benzene rings is 3. The predicted molar refractivity (Wildman–Crippen MR) is 110 cm³/mol. The molecule has 0 saturated carbocycles. The number of nitrogens with one attached hydrogen (secondary N) is 2. The molecule has 0 unspecified atom stereocenters. The summed E-state index contributed by atoms with van der Waals surface area (Å²) in [6.45, 7) is 1.56. The molecule has 27 heavy (non-hydrogen) atoms. The molecule has 3 heteroatoms. The van der Waals surface area contributed by atoms with Gasteiger partial charge in [-0.25, -0.2) is 0 Å². The Morgan fingerprint density at radius 1 is 0.852 bits per heavy atom. The minimum Gasteiger partial charge on any atom is -0.326 e. The molecular weight excluding hydrogens is 332 g/mol. The molecule has 2 atom stereocenters. The number of carbonyl (C=O) groups is 1. The Morgan fingerprint density at radius 3 is 2.33 bits per heavy atom. The quantitative estimate of drug-likeness (QED) is 0.719. The van der Waals surface area contributed by atoms with Crippen LogP contribution < -0.4 is 10.6 Å². The van der Waals surface area contributed by atoms with Gasteiger partial charge in [0.05, 0.1) is 5.92 Å². The third-order valence-corrected chi connectivity index (χ3v) is 5.22. The van der Waals surface area contributed by atoms with E-state index in [1.54, 1.807) is 0 Å². The molecule has 3 aromatic carbocycles. The average Bonchev–Trinajstić information content (AvgIpc) is 3.20. The lowest BCUT2D eigenvalue weighted by Crippen LogP contribution is -2.28. The lowest BCUT2D eigenvalue weighted by molar-refractivity contribution is -0.119. The van der Waals surface area contributed by atoms with Gasteiger partial charge in [-0.05, 0) is 35.2 Å². The van der Waals surface area contributed by atoms with Crippen LogP contribution in [0.2, 0.25) is 0 Å². The second-order valence-electron chi connectivity index (χ2n) is 7.13. The highest BCUT2D eigenvalue weighted by Crippen LogP contribution is 2.29. The van der Waals surface area contributed by atoms with Crippen molar-refractivity contribution in [3.8, 4) is 0 Å². The minimum absolute atomic E-state index is 0.0508. The summed E-state index contributed by atoms with van der Waals surface area (Å²) in [5, 5.41) is 6.50. The monoisotopic (exact) mass is 356 g/mol. The number of anilines is 1.